The summed E-state index contributed by atoms with van der Waals surface area (Å²) in [6.45, 7) is 8.68. The minimum Gasteiger partial charge on any atom is -0.295 e. The number of ketones is 3. The maximum Gasteiger partial charge on any atom is 0.159 e. The van der Waals surface area contributed by atoms with Crippen molar-refractivity contribution in [3.05, 3.63) is 108 Å². The minimum atomic E-state index is 0.0344. The van der Waals surface area contributed by atoms with Crippen molar-refractivity contribution < 1.29 is 14.4 Å². The number of Topliss-reactive ketones (excluding diaryl/α,β-unsaturated/α-hetero) is 3. The number of carbonyl (C=O) groups excluding carboxylic acids is 3. The van der Waals surface area contributed by atoms with Gasteiger partial charge in [-0.1, -0.05) is 86.6 Å². The molecule has 3 heteroatoms. The molecule has 0 fully saturated rings. The van der Waals surface area contributed by atoms with E-state index < -0.39 is 0 Å². The van der Waals surface area contributed by atoms with Gasteiger partial charge in [0.05, 0.1) is 0 Å². The van der Waals surface area contributed by atoms with Crippen LogP contribution in [0.5, 0.6) is 0 Å². The first-order valence-corrected chi connectivity index (χ1v) is 11.8. The van der Waals surface area contributed by atoms with Gasteiger partial charge in [0.15, 0.2) is 17.3 Å². The van der Waals surface area contributed by atoms with Crippen molar-refractivity contribution in [1.29, 1.82) is 0 Å². The smallest absolute Gasteiger partial charge is 0.159 e. The second kappa shape index (κ2) is 11.3. The van der Waals surface area contributed by atoms with E-state index in [1.165, 1.54) is 0 Å². The third-order valence-corrected chi connectivity index (χ3v) is 5.81. The number of hydrogen-bond donors (Lipinski definition) is 0. The van der Waals surface area contributed by atoms with Crippen molar-refractivity contribution in [2.45, 2.75) is 34.6 Å². The van der Waals surface area contributed by atoms with Crippen LogP contribution in [0.15, 0.2) is 91.0 Å². The van der Waals surface area contributed by atoms with Gasteiger partial charge in [0, 0.05) is 16.7 Å². The molecule has 0 radical (unpaired) electrons. The van der Waals surface area contributed by atoms with Crippen LogP contribution in [0, 0.1) is 0 Å². The van der Waals surface area contributed by atoms with Crippen LogP contribution >= 0.6 is 0 Å². The quantitative estimate of drug-likeness (QED) is 0.271. The van der Waals surface area contributed by atoms with E-state index in [-0.39, 0.29) is 17.3 Å². The third-order valence-electron chi connectivity index (χ3n) is 5.81. The van der Waals surface area contributed by atoms with Crippen molar-refractivity contribution in [2.75, 3.05) is 0 Å². The van der Waals surface area contributed by atoms with Gasteiger partial charge in [0.1, 0.15) is 0 Å². The number of rotatable bonds is 6. The van der Waals surface area contributed by atoms with Gasteiger partial charge < -0.3 is 0 Å². The highest BCUT2D eigenvalue weighted by Crippen LogP contribution is 2.33. The lowest BCUT2D eigenvalue weighted by Crippen LogP contribution is -1.93. The van der Waals surface area contributed by atoms with Crippen molar-refractivity contribution in [1.82, 2.24) is 0 Å². The van der Waals surface area contributed by atoms with Gasteiger partial charge in [-0.05, 0) is 72.4 Å². The lowest BCUT2D eigenvalue weighted by molar-refractivity contribution is 0.100. The van der Waals surface area contributed by atoms with Crippen LogP contribution in [-0.2, 0) is 0 Å². The summed E-state index contributed by atoms with van der Waals surface area (Å²) in [5, 5.41) is 0. The summed E-state index contributed by atoms with van der Waals surface area (Å²) >= 11 is 0. The van der Waals surface area contributed by atoms with E-state index in [1.54, 1.807) is 20.8 Å². The largest absolute Gasteiger partial charge is 0.295 e. The molecular formula is C32H30O3. The number of carbonyl (C=O) groups is 3. The Morgan fingerprint density at radius 1 is 0.371 bits per heavy atom. The van der Waals surface area contributed by atoms with E-state index in [9.17, 15) is 14.4 Å². The molecule has 0 heterocycles. The maximum absolute atomic E-state index is 11.7. The summed E-state index contributed by atoms with van der Waals surface area (Å²) in [7, 11) is 0. The molecule has 0 unspecified atom stereocenters. The van der Waals surface area contributed by atoms with Crippen molar-refractivity contribution in [2.24, 2.45) is 0 Å². The minimum absolute atomic E-state index is 0.0344. The molecule has 0 amide bonds. The fourth-order valence-electron chi connectivity index (χ4n) is 3.82. The Balaban J connectivity index is 0.00000167. The molecular weight excluding hydrogens is 432 g/mol. The fraction of sp³-hybridized carbons (Fsp3) is 0.156. The van der Waals surface area contributed by atoms with Crippen LogP contribution < -0.4 is 0 Å². The molecule has 0 aliphatic carbocycles. The van der Waals surface area contributed by atoms with Gasteiger partial charge in [0.2, 0.25) is 0 Å². The molecule has 176 valence electrons. The summed E-state index contributed by atoms with van der Waals surface area (Å²) < 4.78 is 0. The zero-order chi connectivity index (χ0) is 25.5. The molecule has 4 aromatic carbocycles. The van der Waals surface area contributed by atoms with E-state index in [2.05, 4.69) is 18.2 Å². The molecule has 0 aromatic heterocycles. The first kappa shape index (κ1) is 25.5. The Morgan fingerprint density at radius 2 is 0.571 bits per heavy atom. The number of benzene rings is 4. The highest BCUT2D eigenvalue weighted by atomic mass is 16.1. The van der Waals surface area contributed by atoms with E-state index in [4.69, 9.17) is 0 Å². The molecule has 0 atom stereocenters. The first-order valence-electron chi connectivity index (χ1n) is 11.8. The van der Waals surface area contributed by atoms with E-state index >= 15 is 0 Å². The Bertz CT molecular complexity index is 1160. The van der Waals surface area contributed by atoms with E-state index in [1.807, 2.05) is 86.6 Å². The topological polar surface area (TPSA) is 51.2 Å². The average Bonchev–Trinajstić information content (AvgIpc) is 2.89. The predicted octanol–water partition coefficient (Wildman–Crippen LogP) is 8.32. The average molecular weight is 463 g/mol. The first-order chi connectivity index (χ1) is 16.8. The summed E-state index contributed by atoms with van der Waals surface area (Å²) in [5.41, 5.74) is 8.09. The molecule has 0 bridgehead atoms. The molecule has 0 saturated carbocycles. The monoisotopic (exact) mass is 462 g/mol. The summed E-state index contributed by atoms with van der Waals surface area (Å²) in [6, 6.07) is 29.1. The summed E-state index contributed by atoms with van der Waals surface area (Å²) in [4.78, 5) is 35.0. The van der Waals surface area contributed by atoms with Gasteiger partial charge in [0.25, 0.3) is 0 Å². The van der Waals surface area contributed by atoms with Crippen LogP contribution in [0.1, 0.15) is 65.7 Å². The highest BCUT2D eigenvalue weighted by molar-refractivity contribution is 5.96. The van der Waals surface area contributed by atoms with Crippen molar-refractivity contribution >= 4 is 17.3 Å². The van der Waals surface area contributed by atoms with Crippen LogP contribution in [0.4, 0.5) is 0 Å². The molecule has 0 N–H and O–H groups in total. The van der Waals surface area contributed by atoms with Gasteiger partial charge in [-0.15, -0.1) is 0 Å². The molecule has 4 aromatic rings. The Labute approximate surface area is 207 Å². The second-order valence-corrected chi connectivity index (χ2v) is 8.20. The standard InChI is InChI=1S/C30H24O3.C2H6/c1-19(31)22-4-10-25(11-5-22)28-16-29(26-12-6-23(7-13-26)20(2)32)18-30(17-28)27-14-8-24(9-15-27)21(3)33;1-2/h4-18H,1-3H3;1-2H3. The highest BCUT2D eigenvalue weighted by Gasteiger charge is 2.10. The lowest BCUT2D eigenvalue weighted by atomic mass is 9.92. The lowest BCUT2D eigenvalue weighted by Gasteiger charge is -2.12. The van der Waals surface area contributed by atoms with Gasteiger partial charge >= 0.3 is 0 Å². The zero-order valence-corrected chi connectivity index (χ0v) is 20.9. The zero-order valence-electron chi connectivity index (χ0n) is 20.9. The maximum atomic E-state index is 11.7. The summed E-state index contributed by atoms with van der Waals surface area (Å²) in [6.07, 6.45) is 0. The number of hydrogen-bond acceptors (Lipinski definition) is 3. The van der Waals surface area contributed by atoms with E-state index in [0.717, 1.165) is 33.4 Å². The predicted molar refractivity (Wildman–Crippen MR) is 144 cm³/mol. The summed E-state index contributed by atoms with van der Waals surface area (Å²) in [5.74, 6) is 0.103. The van der Waals surface area contributed by atoms with Gasteiger partial charge in [-0.3, -0.25) is 14.4 Å². The molecule has 3 nitrogen and oxygen atoms in total. The normalized spacial score (nSPS) is 10.2. The fourth-order valence-corrected chi connectivity index (χ4v) is 3.82. The Kier molecular flexibility index (Phi) is 8.27. The van der Waals surface area contributed by atoms with Crippen molar-refractivity contribution in [3.8, 4) is 33.4 Å². The van der Waals surface area contributed by atoms with Gasteiger partial charge in [-0.25, -0.2) is 0 Å². The van der Waals surface area contributed by atoms with E-state index in [0.29, 0.717) is 16.7 Å². The Hall–Kier alpha value is -4.11. The third kappa shape index (κ3) is 6.07. The molecule has 4 rings (SSSR count). The molecule has 0 aliphatic rings. The van der Waals surface area contributed by atoms with Crippen LogP contribution in [0.25, 0.3) is 33.4 Å². The molecule has 35 heavy (non-hydrogen) atoms. The molecule has 0 aliphatic heterocycles. The molecule has 0 saturated heterocycles. The second-order valence-electron chi connectivity index (χ2n) is 8.20. The molecule has 0 spiro atoms. The van der Waals surface area contributed by atoms with Crippen LogP contribution in [0.3, 0.4) is 0 Å². The SMILES string of the molecule is CC.CC(=O)c1ccc(-c2cc(-c3ccc(C(C)=O)cc3)cc(-c3ccc(C(C)=O)cc3)c2)cc1. The van der Waals surface area contributed by atoms with Crippen LogP contribution in [0.2, 0.25) is 0 Å². The van der Waals surface area contributed by atoms with Crippen molar-refractivity contribution in [3.63, 3.8) is 0 Å². The van der Waals surface area contributed by atoms with Crippen LogP contribution in [-0.4, -0.2) is 17.3 Å². The van der Waals surface area contributed by atoms with Gasteiger partial charge in [-0.2, -0.15) is 0 Å². The Morgan fingerprint density at radius 3 is 0.743 bits per heavy atom.